The van der Waals surface area contributed by atoms with Crippen molar-refractivity contribution in [1.29, 1.82) is 0 Å². The average molecular weight is 253 g/mol. The highest BCUT2D eigenvalue weighted by atomic mass is 16.5. The number of rotatable bonds is 2. The van der Waals surface area contributed by atoms with Gasteiger partial charge in [0.25, 0.3) is 5.91 Å². The van der Waals surface area contributed by atoms with Crippen molar-refractivity contribution in [2.75, 3.05) is 12.0 Å². The van der Waals surface area contributed by atoms with Crippen molar-refractivity contribution in [3.8, 4) is 5.75 Å². The largest absolute Gasteiger partial charge is 0.497 e. The van der Waals surface area contributed by atoms with Gasteiger partial charge in [0.2, 0.25) is 0 Å². The van der Waals surface area contributed by atoms with Crippen molar-refractivity contribution in [2.45, 2.75) is 13.5 Å². The molecule has 2 aromatic rings. The van der Waals surface area contributed by atoms with Gasteiger partial charge in [0.15, 0.2) is 0 Å². The van der Waals surface area contributed by atoms with Crippen molar-refractivity contribution in [1.82, 2.24) is 0 Å². The van der Waals surface area contributed by atoms with E-state index in [1.807, 2.05) is 54.3 Å². The maximum Gasteiger partial charge on any atom is 0.258 e. The van der Waals surface area contributed by atoms with Crippen LogP contribution in [0.4, 0.5) is 5.69 Å². The number of amides is 1. The summed E-state index contributed by atoms with van der Waals surface area (Å²) < 4.78 is 5.20. The normalized spacial score (nSPS) is 13.6. The molecule has 19 heavy (non-hydrogen) atoms. The van der Waals surface area contributed by atoms with Crippen LogP contribution in [0.2, 0.25) is 0 Å². The summed E-state index contributed by atoms with van der Waals surface area (Å²) in [6.45, 7) is 2.64. The summed E-state index contributed by atoms with van der Waals surface area (Å²) in [5.41, 5.74) is 3.88. The second kappa shape index (κ2) is 4.43. The molecular weight excluding hydrogens is 238 g/mol. The second-order valence-electron chi connectivity index (χ2n) is 4.70. The van der Waals surface area contributed by atoms with Crippen LogP contribution in [-0.4, -0.2) is 13.0 Å². The first kappa shape index (κ1) is 11.8. The van der Waals surface area contributed by atoms with Gasteiger partial charge in [0.05, 0.1) is 13.7 Å². The smallest absolute Gasteiger partial charge is 0.258 e. The van der Waals surface area contributed by atoms with E-state index in [2.05, 4.69) is 0 Å². The molecule has 0 saturated heterocycles. The number of benzene rings is 2. The van der Waals surface area contributed by atoms with E-state index in [1.165, 1.54) is 0 Å². The zero-order valence-corrected chi connectivity index (χ0v) is 11.0. The number of aryl methyl sites for hydroxylation is 1. The molecule has 1 heterocycles. The number of hydrogen-bond donors (Lipinski definition) is 0. The Bertz CT molecular complexity index is 649. The third kappa shape index (κ3) is 1.87. The number of fused-ring (bicyclic) bond motifs is 1. The van der Waals surface area contributed by atoms with Gasteiger partial charge in [-0.25, -0.2) is 0 Å². The van der Waals surface area contributed by atoms with Gasteiger partial charge < -0.3 is 9.64 Å². The molecule has 0 bridgehead atoms. The first-order valence-electron chi connectivity index (χ1n) is 6.25. The van der Waals surface area contributed by atoms with E-state index in [1.54, 1.807) is 7.11 Å². The number of nitrogens with zero attached hydrogens (tertiary/aromatic N) is 1. The lowest BCUT2D eigenvalue weighted by Gasteiger charge is -2.18. The summed E-state index contributed by atoms with van der Waals surface area (Å²) in [7, 11) is 1.64. The fraction of sp³-hybridized carbons (Fsp3) is 0.188. The van der Waals surface area contributed by atoms with Gasteiger partial charge in [0.1, 0.15) is 5.75 Å². The number of carbonyl (C=O) groups is 1. The Morgan fingerprint density at radius 1 is 1.16 bits per heavy atom. The molecule has 3 heteroatoms. The molecule has 0 spiro atoms. The van der Waals surface area contributed by atoms with Crippen LogP contribution in [0, 0.1) is 6.92 Å². The molecule has 0 fully saturated rings. The average Bonchev–Trinajstić information content (AvgIpc) is 2.76. The molecule has 0 atom stereocenters. The Morgan fingerprint density at radius 2 is 1.95 bits per heavy atom. The van der Waals surface area contributed by atoms with Gasteiger partial charge in [-0.1, -0.05) is 18.2 Å². The van der Waals surface area contributed by atoms with E-state index in [9.17, 15) is 4.79 Å². The van der Waals surface area contributed by atoms with Crippen molar-refractivity contribution in [3.05, 3.63) is 59.2 Å². The minimum Gasteiger partial charge on any atom is -0.497 e. The predicted molar refractivity (Wildman–Crippen MR) is 74.7 cm³/mol. The molecule has 1 aliphatic heterocycles. The molecule has 0 aliphatic carbocycles. The van der Waals surface area contributed by atoms with Crippen molar-refractivity contribution in [2.24, 2.45) is 0 Å². The third-order valence-electron chi connectivity index (χ3n) is 3.52. The highest BCUT2D eigenvalue weighted by Crippen LogP contribution is 2.31. The topological polar surface area (TPSA) is 29.5 Å². The van der Waals surface area contributed by atoms with E-state index < -0.39 is 0 Å². The van der Waals surface area contributed by atoms with Crippen LogP contribution >= 0.6 is 0 Å². The number of ether oxygens (including phenoxy) is 1. The summed E-state index contributed by atoms with van der Waals surface area (Å²) in [4.78, 5) is 14.2. The molecule has 0 unspecified atom stereocenters. The molecule has 3 rings (SSSR count). The Morgan fingerprint density at radius 3 is 2.63 bits per heavy atom. The number of hydrogen-bond acceptors (Lipinski definition) is 2. The van der Waals surface area contributed by atoms with E-state index in [-0.39, 0.29) is 5.91 Å². The van der Waals surface area contributed by atoms with Gasteiger partial charge in [0, 0.05) is 11.3 Å². The van der Waals surface area contributed by atoms with Crippen molar-refractivity contribution >= 4 is 11.6 Å². The van der Waals surface area contributed by atoms with Crippen LogP contribution in [-0.2, 0) is 6.54 Å². The van der Waals surface area contributed by atoms with Gasteiger partial charge in [-0.2, -0.15) is 0 Å². The molecule has 1 amide bonds. The molecule has 0 saturated carbocycles. The molecule has 0 aromatic heterocycles. The molecule has 2 aromatic carbocycles. The summed E-state index contributed by atoms with van der Waals surface area (Å²) in [5, 5.41) is 0. The summed E-state index contributed by atoms with van der Waals surface area (Å²) in [6.07, 6.45) is 0. The number of anilines is 1. The van der Waals surface area contributed by atoms with E-state index in [0.717, 1.165) is 28.1 Å². The predicted octanol–water partition coefficient (Wildman–Crippen LogP) is 3.16. The van der Waals surface area contributed by atoms with Crippen LogP contribution in [0.3, 0.4) is 0 Å². The lowest BCUT2D eigenvalue weighted by molar-refractivity contribution is 0.0996. The summed E-state index contributed by atoms with van der Waals surface area (Å²) in [6, 6.07) is 13.5. The first-order valence-corrected chi connectivity index (χ1v) is 6.25. The lowest BCUT2D eigenvalue weighted by atomic mass is 10.1. The summed E-state index contributed by atoms with van der Waals surface area (Å²) >= 11 is 0. The fourth-order valence-corrected chi connectivity index (χ4v) is 2.51. The Labute approximate surface area is 112 Å². The Kier molecular flexibility index (Phi) is 2.75. The van der Waals surface area contributed by atoms with Gasteiger partial charge >= 0.3 is 0 Å². The van der Waals surface area contributed by atoms with E-state index in [0.29, 0.717) is 6.54 Å². The van der Waals surface area contributed by atoms with E-state index in [4.69, 9.17) is 4.74 Å². The number of methoxy groups -OCH3 is 1. The Hall–Kier alpha value is -2.29. The van der Waals surface area contributed by atoms with Gasteiger partial charge in [-0.3, -0.25) is 4.79 Å². The van der Waals surface area contributed by atoms with Gasteiger partial charge in [-0.15, -0.1) is 0 Å². The van der Waals surface area contributed by atoms with Crippen LogP contribution in [0.5, 0.6) is 5.75 Å². The first-order chi connectivity index (χ1) is 9.20. The molecular formula is C16H15NO2. The molecule has 0 radical (unpaired) electrons. The zero-order valence-electron chi connectivity index (χ0n) is 11.0. The maximum absolute atomic E-state index is 12.4. The van der Waals surface area contributed by atoms with Crippen LogP contribution in [0.25, 0.3) is 0 Å². The number of carbonyl (C=O) groups excluding carboxylic acids is 1. The lowest BCUT2D eigenvalue weighted by Crippen LogP contribution is -2.23. The van der Waals surface area contributed by atoms with Crippen molar-refractivity contribution in [3.63, 3.8) is 0 Å². The molecule has 3 nitrogen and oxygen atoms in total. The quantitative estimate of drug-likeness (QED) is 0.822. The highest BCUT2D eigenvalue weighted by Gasteiger charge is 2.28. The fourth-order valence-electron chi connectivity index (χ4n) is 2.51. The van der Waals surface area contributed by atoms with E-state index >= 15 is 0 Å². The van der Waals surface area contributed by atoms with Crippen LogP contribution in [0.15, 0.2) is 42.5 Å². The Balaban J connectivity index is 2.00. The van der Waals surface area contributed by atoms with Crippen LogP contribution < -0.4 is 9.64 Å². The molecule has 0 N–H and O–H groups in total. The molecule has 96 valence electrons. The minimum absolute atomic E-state index is 0.0730. The standard InChI is InChI=1S/C16H15NO2/c1-11-9-13(19-2)7-8-15(11)17-10-12-5-3-4-6-14(12)16(17)18/h3-9H,10H2,1-2H3. The SMILES string of the molecule is COc1ccc(N2Cc3ccccc3C2=O)c(C)c1. The monoisotopic (exact) mass is 253 g/mol. The minimum atomic E-state index is 0.0730. The summed E-state index contributed by atoms with van der Waals surface area (Å²) in [5.74, 6) is 0.884. The van der Waals surface area contributed by atoms with Crippen LogP contribution in [0.1, 0.15) is 21.5 Å². The maximum atomic E-state index is 12.4. The molecule has 1 aliphatic rings. The third-order valence-corrected chi connectivity index (χ3v) is 3.52. The zero-order chi connectivity index (χ0) is 13.4. The van der Waals surface area contributed by atoms with Crippen molar-refractivity contribution < 1.29 is 9.53 Å². The highest BCUT2D eigenvalue weighted by molar-refractivity contribution is 6.10. The van der Waals surface area contributed by atoms with Gasteiger partial charge in [-0.05, 0) is 42.3 Å². The second-order valence-corrected chi connectivity index (χ2v) is 4.70.